The van der Waals surface area contributed by atoms with E-state index >= 15 is 0 Å². The lowest BCUT2D eigenvalue weighted by Crippen LogP contribution is -2.33. The minimum atomic E-state index is -1.05. The van der Waals surface area contributed by atoms with Crippen LogP contribution in [0.5, 0.6) is 11.5 Å². The van der Waals surface area contributed by atoms with E-state index in [0.29, 0.717) is 17.2 Å². The highest BCUT2D eigenvalue weighted by atomic mass is 32.2. The summed E-state index contributed by atoms with van der Waals surface area (Å²) in [5, 5.41) is 2.69. The Hall–Kier alpha value is -3.20. The van der Waals surface area contributed by atoms with Crippen molar-refractivity contribution in [1.29, 1.82) is 0 Å². The number of hydrogen-bond donors (Lipinski definition) is 1. The summed E-state index contributed by atoms with van der Waals surface area (Å²) < 4.78 is 15.8. The maximum absolute atomic E-state index is 12.6. The van der Waals surface area contributed by atoms with Crippen LogP contribution in [0.15, 0.2) is 47.4 Å². The van der Waals surface area contributed by atoms with Gasteiger partial charge in [-0.3, -0.25) is 14.4 Å². The number of methoxy groups -OCH3 is 2. The van der Waals surface area contributed by atoms with Crippen molar-refractivity contribution in [2.24, 2.45) is 5.92 Å². The van der Waals surface area contributed by atoms with Gasteiger partial charge in [0.15, 0.2) is 6.10 Å². The molecule has 9 heteroatoms. The van der Waals surface area contributed by atoms with Gasteiger partial charge in [-0.15, -0.1) is 11.8 Å². The molecule has 1 N–H and O–H groups in total. The fraction of sp³-hybridized carbons (Fsp3) is 0.348. The zero-order chi connectivity index (χ0) is 23.3. The van der Waals surface area contributed by atoms with Crippen LogP contribution in [0.25, 0.3) is 0 Å². The number of nitrogens with zero attached hydrogens (tertiary/aromatic N) is 1. The van der Waals surface area contributed by atoms with Crippen molar-refractivity contribution in [2.75, 3.05) is 37.2 Å². The lowest BCUT2D eigenvalue weighted by molar-refractivity contribution is -0.157. The quantitative estimate of drug-likeness (QED) is 0.479. The highest BCUT2D eigenvalue weighted by Crippen LogP contribution is 2.30. The molecule has 2 amide bonds. The summed E-state index contributed by atoms with van der Waals surface area (Å²) in [4.78, 5) is 40.3. The first-order valence-corrected chi connectivity index (χ1v) is 11.3. The first kappa shape index (κ1) is 23.5. The third kappa shape index (κ3) is 5.34. The van der Waals surface area contributed by atoms with Gasteiger partial charge >= 0.3 is 5.97 Å². The molecule has 1 aliphatic rings. The molecule has 1 heterocycles. The topological polar surface area (TPSA) is 94.2 Å². The normalized spacial score (nSPS) is 16.4. The maximum atomic E-state index is 12.6. The molecule has 0 saturated carbocycles. The van der Waals surface area contributed by atoms with Crippen molar-refractivity contribution in [3.8, 4) is 11.5 Å². The van der Waals surface area contributed by atoms with Crippen LogP contribution >= 0.6 is 11.8 Å². The Balaban J connectivity index is 1.60. The van der Waals surface area contributed by atoms with Crippen LogP contribution in [0.2, 0.25) is 0 Å². The average molecular weight is 459 g/mol. The molecular weight excluding hydrogens is 432 g/mol. The van der Waals surface area contributed by atoms with Gasteiger partial charge in [0, 0.05) is 29.6 Å². The molecule has 0 radical (unpaired) electrons. The van der Waals surface area contributed by atoms with Gasteiger partial charge in [0.25, 0.3) is 5.91 Å². The van der Waals surface area contributed by atoms with Gasteiger partial charge in [-0.2, -0.15) is 0 Å². The first-order chi connectivity index (χ1) is 15.4. The number of hydrogen-bond acceptors (Lipinski definition) is 7. The van der Waals surface area contributed by atoms with Gasteiger partial charge in [-0.25, -0.2) is 0 Å². The van der Waals surface area contributed by atoms with Crippen LogP contribution in [0, 0.1) is 5.92 Å². The molecule has 0 bridgehead atoms. The summed E-state index contributed by atoms with van der Waals surface area (Å²) in [5.74, 6) is -0.893. The fourth-order valence-corrected chi connectivity index (χ4v) is 3.76. The molecule has 2 aromatic carbocycles. The number of esters is 1. The smallest absolute Gasteiger partial charge is 0.312 e. The summed E-state index contributed by atoms with van der Waals surface area (Å²) in [6.07, 6.45) is 0.966. The first-order valence-electron chi connectivity index (χ1n) is 10.0. The molecular formula is C23H26N2O6S. The number of carbonyl (C=O) groups excluding carboxylic acids is 3. The van der Waals surface area contributed by atoms with Gasteiger partial charge in [0.1, 0.15) is 11.5 Å². The van der Waals surface area contributed by atoms with E-state index in [9.17, 15) is 14.4 Å². The van der Waals surface area contributed by atoms with Gasteiger partial charge in [0.05, 0.1) is 25.8 Å². The monoisotopic (exact) mass is 458 g/mol. The zero-order valence-electron chi connectivity index (χ0n) is 18.4. The highest BCUT2D eigenvalue weighted by molar-refractivity contribution is 7.98. The third-order valence-electron chi connectivity index (χ3n) is 5.17. The second-order valence-corrected chi connectivity index (χ2v) is 8.12. The Morgan fingerprint density at radius 1 is 1.12 bits per heavy atom. The SMILES string of the molecule is COc1ccc(OC)c(NC(=O)C(C)OC(=O)C2CC(=O)N(c3ccc(SC)cc3)C2)c1. The van der Waals surface area contributed by atoms with Crippen molar-refractivity contribution >= 4 is 40.9 Å². The van der Waals surface area contributed by atoms with Gasteiger partial charge in [-0.1, -0.05) is 0 Å². The van der Waals surface area contributed by atoms with Crippen molar-refractivity contribution in [3.05, 3.63) is 42.5 Å². The number of nitrogens with one attached hydrogen (secondary N) is 1. The number of anilines is 2. The largest absolute Gasteiger partial charge is 0.497 e. The molecule has 170 valence electrons. The van der Waals surface area contributed by atoms with Gasteiger partial charge < -0.3 is 24.4 Å². The number of rotatable bonds is 8. The van der Waals surface area contributed by atoms with E-state index in [4.69, 9.17) is 14.2 Å². The minimum absolute atomic E-state index is 0.0428. The molecule has 2 unspecified atom stereocenters. The summed E-state index contributed by atoms with van der Waals surface area (Å²) in [6.45, 7) is 1.70. The van der Waals surface area contributed by atoms with Crippen LogP contribution < -0.4 is 19.7 Å². The lowest BCUT2D eigenvalue weighted by Gasteiger charge is -2.18. The second-order valence-electron chi connectivity index (χ2n) is 7.24. The highest BCUT2D eigenvalue weighted by Gasteiger charge is 2.37. The third-order valence-corrected chi connectivity index (χ3v) is 5.91. The predicted molar refractivity (Wildman–Crippen MR) is 122 cm³/mol. The Labute approximate surface area is 191 Å². The molecule has 1 fully saturated rings. The van der Waals surface area contributed by atoms with Crippen molar-refractivity contribution in [1.82, 2.24) is 0 Å². The number of thioether (sulfide) groups is 1. The zero-order valence-corrected chi connectivity index (χ0v) is 19.2. The summed E-state index contributed by atoms with van der Waals surface area (Å²) >= 11 is 1.61. The molecule has 2 aromatic rings. The van der Waals surface area contributed by atoms with Crippen LogP contribution in [-0.4, -0.2) is 50.9 Å². The molecule has 8 nitrogen and oxygen atoms in total. The van der Waals surface area contributed by atoms with Crippen LogP contribution in [0.1, 0.15) is 13.3 Å². The second kappa shape index (κ2) is 10.4. The van der Waals surface area contributed by atoms with E-state index in [0.717, 1.165) is 10.6 Å². The van der Waals surface area contributed by atoms with Crippen molar-refractivity contribution in [2.45, 2.75) is 24.3 Å². The molecule has 0 aromatic heterocycles. The van der Waals surface area contributed by atoms with E-state index in [-0.39, 0.29) is 18.9 Å². The number of carbonyl (C=O) groups is 3. The van der Waals surface area contributed by atoms with Crippen molar-refractivity contribution < 1.29 is 28.6 Å². The van der Waals surface area contributed by atoms with E-state index in [2.05, 4.69) is 5.32 Å². The Morgan fingerprint density at radius 2 is 1.84 bits per heavy atom. The van der Waals surface area contributed by atoms with Gasteiger partial charge in [0.2, 0.25) is 5.91 Å². The lowest BCUT2D eigenvalue weighted by atomic mass is 10.1. The summed E-state index contributed by atoms with van der Waals surface area (Å²) in [5.41, 5.74) is 1.13. The fourth-order valence-electron chi connectivity index (χ4n) is 3.35. The van der Waals surface area contributed by atoms with Crippen LogP contribution in [-0.2, 0) is 19.1 Å². The number of amides is 2. The molecule has 1 aliphatic heterocycles. The van der Waals surface area contributed by atoms with Crippen molar-refractivity contribution in [3.63, 3.8) is 0 Å². The van der Waals surface area contributed by atoms with E-state index < -0.39 is 23.9 Å². The minimum Gasteiger partial charge on any atom is -0.497 e. The summed E-state index contributed by atoms with van der Waals surface area (Å²) in [7, 11) is 3.00. The van der Waals surface area contributed by atoms with E-state index in [1.807, 2.05) is 30.5 Å². The Bertz CT molecular complexity index is 994. The molecule has 3 rings (SSSR count). The predicted octanol–water partition coefficient (Wildman–Crippen LogP) is 3.35. The molecule has 0 aliphatic carbocycles. The Kier molecular flexibility index (Phi) is 7.63. The summed E-state index contributed by atoms with van der Waals surface area (Å²) in [6, 6.07) is 12.5. The average Bonchev–Trinajstić information content (AvgIpc) is 3.20. The standard InChI is InChI=1S/C23H26N2O6S/c1-14(22(27)24-19-12-17(29-2)7-10-20(19)30-3)31-23(28)15-11-21(26)25(13-15)16-5-8-18(32-4)9-6-16/h5-10,12,14-15H,11,13H2,1-4H3,(H,24,27). The number of benzene rings is 2. The molecule has 0 spiro atoms. The van der Waals surface area contributed by atoms with E-state index in [1.54, 1.807) is 34.9 Å². The maximum Gasteiger partial charge on any atom is 0.312 e. The van der Waals surface area contributed by atoms with E-state index in [1.165, 1.54) is 21.1 Å². The van der Waals surface area contributed by atoms with Crippen LogP contribution in [0.4, 0.5) is 11.4 Å². The molecule has 2 atom stereocenters. The number of ether oxygens (including phenoxy) is 3. The molecule has 32 heavy (non-hydrogen) atoms. The molecule has 1 saturated heterocycles. The van der Waals surface area contributed by atoms with Crippen LogP contribution in [0.3, 0.4) is 0 Å². The van der Waals surface area contributed by atoms with Gasteiger partial charge in [-0.05, 0) is 49.6 Å². The Morgan fingerprint density at radius 3 is 2.47 bits per heavy atom.